The molecule has 1 N–H and O–H groups in total. The molecule has 2 nitrogen and oxygen atoms in total. The first-order valence-electron chi connectivity index (χ1n) is 5.46. The lowest BCUT2D eigenvalue weighted by Crippen LogP contribution is -2.08. The zero-order chi connectivity index (χ0) is 13.3. The van der Waals surface area contributed by atoms with Gasteiger partial charge in [0.15, 0.2) is 0 Å². The Balaban J connectivity index is 0.00000121. The molecule has 1 heterocycles. The summed E-state index contributed by atoms with van der Waals surface area (Å²) in [6.07, 6.45) is -2.46. The van der Waals surface area contributed by atoms with Crippen LogP contribution in [0.2, 0.25) is 0 Å². The van der Waals surface area contributed by atoms with E-state index >= 15 is 0 Å². The van der Waals surface area contributed by atoms with Crippen molar-refractivity contribution in [3.05, 3.63) is 23.9 Å². The van der Waals surface area contributed by atoms with Gasteiger partial charge in [-0.3, -0.25) is 0 Å². The first-order valence-corrected chi connectivity index (χ1v) is 7.16. The normalized spacial score (nSPS) is 11.2. The number of halogens is 3. The van der Waals surface area contributed by atoms with Crippen LogP contribution in [0.3, 0.4) is 0 Å². The number of hydrogen-bond acceptors (Lipinski definition) is 2. The van der Waals surface area contributed by atoms with Crippen LogP contribution >= 0.6 is 8.58 Å². The van der Waals surface area contributed by atoms with E-state index in [4.69, 9.17) is 0 Å². The van der Waals surface area contributed by atoms with Crippen LogP contribution in [-0.2, 0) is 6.18 Å². The smallest absolute Gasteiger partial charge is 0.370 e. The fourth-order valence-electron chi connectivity index (χ4n) is 0.982. The van der Waals surface area contributed by atoms with Gasteiger partial charge in [-0.1, -0.05) is 13.8 Å². The molecule has 0 saturated carbocycles. The summed E-state index contributed by atoms with van der Waals surface area (Å²) in [6.45, 7) is 6.81. The average Bonchev–Trinajstić information content (AvgIpc) is 2.32. The molecule has 0 aliphatic rings. The van der Waals surface area contributed by atoms with Crippen molar-refractivity contribution >= 4 is 14.4 Å². The largest absolute Gasteiger partial charge is 0.417 e. The minimum atomic E-state index is -4.31. The Bertz CT molecular complexity index is 299. The van der Waals surface area contributed by atoms with Crippen molar-refractivity contribution in [1.29, 1.82) is 0 Å². The SMILES string of the molecule is CC.CPCCNc1ccc(C(F)(F)F)cn1. The summed E-state index contributed by atoms with van der Waals surface area (Å²) in [4.78, 5) is 3.69. The van der Waals surface area contributed by atoms with Crippen molar-refractivity contribution in [2.45, 2.75) is 20.0 Å². The van der Waals surface area contributed by atoms with Crippen LogP contribution in [0.25, 0.3) is 0 Å². The van der Waals surface area contributed by atoms with E-state index in [0.717, 1.165) is 33.6 Å². The van der Waals surface area contributed by atoms with E-state index in [1.807, 2.05) is 13.8 Å². The van der Waals surface area contributed by atoms with Crippen LogP contribution < -0.4 is 5.32 Å². The van der Waals surface area contributed by atoms with Crippen LogP contribution in [0.1, 0.15) is 19.4 Å². The molecule has 98 valence electrons. The second-order valence-electron chi connectivity index (χ2n) is 2.96. The lowest BCUT2D eigenvalue weighted by molar-refractivity contribution is -0.137. The summed E-state index contributed by atoms with van der Waals surface area (Å²) < 4.78 is 36.5. The second kappa shape index (κ2) is 8.29. The van der Waals surface area contributed by atoms with Crippen LogP contribution in [0.4, 0.5) is 19.0 Å². The fraction of sp³-hybridized carbons (Fsp3) is 0.545. The molecule has 0 aliphatic carbocycles. The molecule has 1 rings (SSSR count). The Kier molecular flexibility index (Phi) is 7.88. The Morgan fingerprint density at radius 2 is 1.94 bits per heavy atom. The molecule has 1 atom stereocenters. The van der Waals surface area contributed by atoms with Gasteiger partial charge in [0, 0.05) is 12.7 Å². The van der Waals surface area contributed by atoms with E-state index in [1.54, 1.807) is 0 Å². The Morgan fingerprint density at radius 1 is 1.29 bits per heavy atom. The molecule has 0 amide bonds. The summed E-state index contributed by atoms with van der Waals surface area (Å²) >= 11 is 0. The van der Waals surface area contributed by atoms with Crippen LogP contribution in [-0.4, -0.2) is 24.4 Å². The number of hydrogen-bond donors (Lipinski definition) is 1. The first-order chi connectivity index (χ1) is 8.04. The number of rotatable bonds is 4. The number of alkyl halides is 3. The molecule has 1 unspecified atom stereocenters. The van der Waals surface area contributed by atoms with Gasteiger partial charge >= 0.3 is 6.18 Å². The van der Waals surface area contributed by atoms with E-state index in [0.29, 0.717) is 5.82 Å². The van der Waals surface area contributed by atoms with Gasteiger partial charge in [-0.15, -0.1) is 8.58 Å². The predicted molar refractivity (Wildman–Crippen MR) is 68.2 cm³/mol. The van der Waals surface area contributed by atoms with E-state index in [-0.39, 0.29) is 0 Å². The molecule has 1 aromatic rings. The second-order valence-corrected chi connectivity index (χ2v) is 4.17. The number of anilines is 1. The average molecular weight is 266 g/mol. The van der Waals surface area contributed by atoms with Crippen LogP contribution in [0.15, 0.2) is 18.3 Å². The lowest BCUT2D eigenvalue weighted by atomic mass is 10.3. The Labute approximate surface area is 102 Å². The van der Waals surface area contributed by atoms with E-state index in [9.17, 15) is 13.2 Å². The van der Waals surface area contributed by atoms with Gasteiger partial charge < -0.3 is 5.32 Å². The number of nitrogens with one attached hydrogen (secondary N) is 1. The highest BCUT2D eigenvalue weighted by molar-refractivity contribution is 7.37. The lowest BCUT2D eigenvalue weighted by Gasteiger charge is -2.07. The van der Waals surface area contributed by atoms with Gasteiger partial charge in [0.25, 0.3) is 0 Å². The highest BCUT2D eigenvalue weighted by Crippen LogP contribution is 2.28. The van der Waals surface area contributed by atoms with E-state index in [1.165, 1.54) is 6.07 Å². The molecule has 6 heteroatoms. The topological polar surface area (TPSA) is 24.9 Å². The summed E-state index contributed by atoms with van der Waals surface area (Å²) in [5.41, 5.74) is -0.717. The predicted octanol–water partition coefficient (Wildman–Crippen LogP) is 3.85. The highest BCUT2D eigenvalue weighted by Gasteiger charge is 2.30. The van der Waals surface area contributed by atoms with Gasteiger partial charge in [0.2, 0.25) is 0 Å². The molecular formula is C11H18F3N2P. The molecule has 0 saturated heterocycles. The third kappa shape index (κ3) is 6.47. The summed E-state index contributed by atoms with van der Waals surface area (Å²) in [5.74, 6) is 0.487. The summed E-state index contributed by atoms with van der Waals surface area (Å²) in [6, 6.07) is 2.38. The van der Waals surface area contributed by atoms with Crippen molar-refractivity contribution in [3.8, 4) is 0 Å². The maximum atomic E-state index is 12.2. The van der Waals surface area contributed by atoms with Crippen LogP contribution in [0.5, 0.6) is 0 Å². The summed E-state index contributed by atoms with van der Waals surface area (Å²) in [7, 11) is 0.828. The molecule has 0 bridgehead atoms. The third-order valence-corrected chi connectivity index (χ3v) is 2.52. The van der Waals surface area contributed by atoms with Crippen molar-refractivity contribution in [2.75, 3.05) is 24.7 Å². The van der Waals surface area contributed by atoms with Gasteiger partial charge in [0.05, 0.1) is 5.56 Å². The molecule has 0 fully saturated rings. The number of pyridine rings is 1. The maximum Gasteiger partial charge on any atom is 0.417 e. The zero-order valence-electron chi connectivity index (χ0n) is 10.2. The first kappa shape index (κ1) is 16.2. The molecule has 0 aliphatic heterocycles. The molecule has 0 spiro atoms. The maximum absolute atomic E-state index is 12.2. The van der Waals surface area contributed by atoms with Crippen LogP contribution in [0, 0.1) is 0 Å². The van der Waals surface area contributed by atoms with Crippen molar-refractivity contribution in [1.82, 2.24) is 4.98 Å². The van der Waals surface area contributed by atoms with Crippen molar-refractivity contribution in [3.63, 3.8) is 0 Å². The third-order valence-electron chi connectivity index (χ3n) is 1.77. The number of aromatic nitrogens is 1. The molecule has 0 radical (unpaired) electrons. The van der Waals surface area contributed by atoms with E-state index in [2.05, 4.69) is 17.0 Å². The summed E-state index contributed by atoms with van der Waals surface area (Å²) in [5, 5.41) is 2.95. The Hall–Kier alpha value is -0.830. The zero-order valence-corrected chi connectivity index (χ0v) is 11.2. The fourth-order valence-corrected chi connectivity index (χ4v) is 1.36. The van der Waals surface area contributed by atoms with Gasteiger partial charge in [-0.25, -0.2) is 4.98 Å². The molecule has 0 aromatic carbocycles. The molecule has 1 aromatic heterocycles. The highest BCUT2D eigenvalue weighted by atomic mass is 31.1. The van der Waals surface area contributed by atoms with Gasteiger partial charge in [0.1, 0.15) is 5.82 Å². The Morgan fingerprint density at radius 3 is 2.35 bits per heavy atom. The van der Waals surface area contributed by atoms with Gasteiger partial charge in [-0.05, 0) is 25.0 Å². The van der Waals surface area contributed by atoms with E-state index < -0.39 is 11.7 Å². The van der Waals surface area contributed by atoms with Gasteiger partial charge in [-0.2, -0.15) is 13.2 Å². The minimum absolute atomic E-state index is 0.487. The quantitative estimate of drug-likeness (QED) is 0.661. The van der Waals surface area contributed by atoms with Crippen molar-refractivity contribution < 1.29 is 13.2 Å². The standard InChI is InChI=1S/C9H12F3N2P.C2H6/c1-15-5-4-13-8-3-2-7(6-14-8)9(10,11)12;1-2/h2-3,6,15H,4-5H2,1H3,(H,13,14);1-2H3. The number of nitrogens with zero attached hydrogens (tertiary/aromatic N) is 1. The molecule has 17 heavy (non-hydrogen) atoms. The van der Waals surface area contributed by atoms with Crippen molar-refractivity contribution in [2.24, 2.45) is 0 Å². The minimum Gasteiger partial charge on any atom is -0.370 e. The molecular weight excluding hydrogens is 248 g/mol. The monoisotopic (exact) mass is 266 g/mol.